The molecule has 0 fully saturated rings. The van der Waals surface area contributed by atoms with E-state index in [4.69, 9.17) is 0 Å². The lowest BCUT2D eigenvalue weighted by atomic mass is 10.2. The largest absolute Gasteiger partial charge is 0.369 e. The van der Waals surface area contributed by atoms with Gasteiger partial charge < -0.3 is 10.6 Å². The van der Waals surface area contributed by atoms with Gasteiger partial charge >= 0.3 is 0 Å². The lowest BCUT2D eigenvalue weighted by molar-refractivity contribution is 0.0947. The van der Waals surface area contributed by atoms with Crippen LogP contribution in [0.4, 0.5) is 5.82 Å². The summed E-state index contributed by atoms with van der Waals surface area (Å²) in [7, 11) is 0. The van der Waals surface area contributed by atoms with Gasteiger partial charge in [-0.2, -0.15) is 0 Å². The summed E-state index contributed by atoms with van der Waals surface area (Å²) in [5.74, 6) is 0.474. The van der Waals surface area contributed by atoms with Gasteiger partial charge in [-0.1, -0.05) is 19.8 Å². The molecule has 5 nitrogen and oxygen atoms in total. The quantitative estimate of drug-likeness (QED) is 0.709. The Labute approximate surface area is 102 Å². The summed E-state index contributed by atoms with van der Waals surface area (Å²) in [4.78, 5) is 19.9. The number of anilines is 1. The van der Waals surface area contributed by atoms with Crippen LogP contribution in [0.5, 0.6) is 0 Å². The molecule has 0 bridgehead atoms. The van der Waals surface area contributed by atoms with Crippen LogP contribution in [0.15, 0.2) is 12.4 Å². The zero-order valence-electron chi connectivity index (χ0n) is 10.5. The second kappa shape index (κ2) is 7.60. The first-order valence-corrected chi connectivity index (χ1v) is 6.12. The van der Waals surface area contributed by atoms with Gasteiger partial charge in [0.1, 0.15) is 11.5 Å². The fraction of sp³-hybridized carbons (Fsp3) is 0.583. The van der Waals surface area contributed by atoms with E-state index in [1.165, 1.54) is 6.20 Å². The summed E-state index contributed by atoms with van der Waals surface area (Å²) in [6.07, 6.45) is 6.37. The molecule has 0 radical (unpaired) electrons. The maximum atomic E-state index is 11.7. The summed E-state index contributed by atoms with van der Waals surface area (Å²) < 4.78 is 0. The third-order valence-electron chi connectivity index (χ3n) is 2.29. The molecule has 1 aromatic heterocycles. The number of rotatable bonds is 7. The highest BCUT2D eigenvalue weighted by molar-refractivity contribution is 5.92. The van der Waals surface area contributed by atoms with Gasteiger partial charge in [-0.3, -0.25) is 9.78 Å². The average Bonchev–Trinajstić information content (AvgIpc) is 2.35. The van der Waals surface area contributed by atoms with Crippen LogP contribution < -0.4 is 10.6 Å². The van der Waals surface area contributed by atoms with E-state index in [9.17, 15) is 4.79 Å². The fourth-order valence-electron chi connectivity index (χ4n) is 1.41. The zero-order chi connectivity index (χ0) is 12.5. The van der Waals surface area contributed by atoms with Gasteiger partial charge in [0.05, 0.1) is 12.4 Å². The van der Waals surface area contributed by atoms with Crippen molar-refractivity contribution in [2.24, 2.45) is 0 Å². The van der Waals surface area contributed by atoms with Gasteiger partial charge in [0, 0.05) is 13.1 Å². The van der Waals surface area contributed by atoms with Crippen molar-refractivity contribution in [2.75, 3.05) is 18.4 Å². The Hall–Kier alpha value is -1.65. The molecule has 0 saturated carbocycles. The molecule has 1 amide bonds. The first kappa shape index (κ1) is 13.4. The Morgan fingerprint density at radius 2 is 2.12 bits per heavy atom. The van der Waals surface area contributed by atoms with Gasteiger partial charge in [-0.05, 0) is 13.3 Å². The van der Waals surface area contributed by atoms with Crippen LogP contribution in [-0.4, -0.2) is 29.0 Å². The van der Waals surface area contributed by atoms with E-state index >= 15 is 0 Å². The monoisotopic (exact) mass is 236 g/mol. The SMILES string of the molecule is CCCCCNC(=O)c1cncc(NCC)n1. The van der Waals surface area contributed by atoms with E-state index in [0.29, 0.717) is 18.1 Å². The van der Waals surface area contributed by atoms with Crippen LogP contribution in [-0.2, 0) is 0 Å². The second-order valence-electron chi connectivity index (χ2n) is 3.78. The molecule has 0 atom stereocenters. The number of nitrogens with zero attached hydrogens (tertiary/aromatic N) is 2. The first-order chi connectivity index (χ1) is 8.27. The predicted octanol–water partition coefficient (Wildman–Crippen LogP) is 1.83. The zero-order valence-corrected chi connectivity index (χ0v) is 10.5. The molecular formula is C12H20N4O. The molecule has 1 aromatic rings. The summed E-state index contributed by atoms with van der Waals surface area (Å²) in [5.41, 5.74) is 0.361. The molecule has 0 aliphatic carbocycles. The normalized spacial score (nSPS) is 10.0. The molecule has 5 heteroatoms. The molecule has 0 aliphatic rings. The third-order valence-corrected chi connectivity index (χ3v) is 2.29. The topological polar surface area (TPSA) is 66.9 Å². The van der Waals surface area contributed by atoms with E-state index < -0.39 is 0 Å². The summed E-state index contributed by atoms with van der Waals surface area (Å²) in [6.45, 7) is 5.56. The van der Waals surface area contributed by atoms with Crippen LogP contribution in [0, 0.1) is 0 Å². The van der Waals surface area contributed by atoms with Crippen LogP contribution in [0.25, 0.3) is 0 Å². The Morgan fingerprint density at radius 1 is 1.29 bits per heavy atom. The predicted molar refractivity (Wildman–Crippen MR) is 68.1 cm³/mol. The Kier molecular flexibility index (Phi) is 5.99. The third kappa shape index (κ3) is 4.80. The molecule has 0 aliphatic heterocycles. The summed E-state index contributed by atoms with van der Waals surface area (Å²) >= 11 is 0. The van der Waals surface area contributed by atoms with Crippen molar-refractivity contribution in [3.05, 3.63) is 18.1 Å². The number of carbonyl (C=O) groups excluding carboxylic acids is 1. The van der Waals surface area contributed by atoms with Crippen LogP contribution in [0.2, 0.25) is 0 Å². The smallest absolute Gasteiger partial charge is 0.271 e. The van der Waals surface area contributed by atoms with Crippen molar-refractivity contribution in [1.82, 2.24) is 15.3 Å². The number of hydrogen-bond acceptors (Lipinski definition) is 4. The Bertz CT molecular complexity index is 354. The second-order valence-corrected chi connectivity index (χ2v) is 3.78. The molecular weight excluding hydrogens is 216 g/mol. The van der Waals surface area contributed by atoms with E-state index in [0.717, 1.165) is 25.8 Å². The van der Waals surface area contributed by atoms with E-state index in [2.05, 4.69) is 27.5 Å². The molecule has 94 valence electrons. The number of unbranched alkanes of at least 4 members (excludes halogenated alkanes) is 2. The molecule has 17 heavy (non-hydrogen) atoms. The van der Waals surface area contributed by atoms with Crippen LogP contribution >= 0.6 is 0 Å². The van der Waals surface area contributed by atoms with Gasteiger partial charge in [-0.15, -0.1) is 0 Å². The van der Waals surface area contributed by atoms with E-state index in [-0.39, 0.29) is 5.91 Å². The number of aromatic nitrogens is 2. The van der Waals surface area contributed by atoms with Crippen molar-refractivity contribution < 1.29 is 4.79 Å². The van der Waals surface area contributed by atoms with Crippen molar-refractivity contribution in [3.8, 4) is 0 Å². The summed E-state index contributed by atoms with van der Waals surface area (Å²) in [5, 5.41) is 5.86. The highest BCUT2D eigenvalue weighted by Gasteiger charge is 2.07. The lowest BCUT2D eigenvalue weighted by Crippen LogP contribution is -2.25. The van der Waals surface area contributed by atoms with Crippen LogP contribution in [0.1, 0.15) is 43.6 Å². The molecule has 1 heterocycles. The lowest BCUT2D eigenvalue weighted by Gasteiger charge is -2.06. The van der Waals surface area contributed by atoms with E-state index in [1.54, 1.807) is 6.20 Å². The van der Waals surface area contributed by atoms with Gasteiger partial charge in [0.2, 0.25) is 0 Å². The molecule has 2 N–H and O–H groups in total. The Balaban J connectivity index is 2.47. The first-order valence-electron chi connectivity index (χ1n) is 6.12. The highest BCUT2D eigenvalue weighted by Crippen LogP contribution is 2.01. The average molecular weight is 236 g/mol. The van der Waals surface area contributed by atoms with Crippen molar-refractivity contribution in [3.63, 3.8) is 0 Å². The molecule has 0 spiro atoms. The van der Waals surface area contributed by atoms with Crippen molar-refractivity contribution in [1.29, 1.82) is 0 Å². The minimum Gasteiger partial charge on any atom is -0.369 e. The van der Waals surface area contributed by atoms with Gasteiger partial charge in [-0.25, -0.2) is 4.98 Å². The number of nitrogens with one attached hydrogen (secondary N) is 2. The van der Waals surface area contributed by atoms with Gasteiger partial charge in [0.25, 0.3) is 5.91 Å². The standard InChI is InChI=1S/C12H20N4O/c1-3-5-6-7-15-12(17)10-8-13-9-11(16-10)14-4-2/h8-9H,3-7H2,1-2H3,(H,14,16)(H,15,17). The Morgan fingerprint density at radius 3 is 2.82 bits per heavy atom. The molecule has 0 saturated heterocycles. The maximum Gasteiger partial charge on any atom is 0.271 e. The van der Waals surface area contributed by atoms with Gasteiger partial charge in [0.15, 0.2) is 0 Å². The number of carbonyl (C=O) groups is 1. The number of hydrogen-bond donors (Lipinski definition) is 2. The number of amides is 1. The fourth-order valence-corrected chi connectivity index (χ4v) is 1.41. The minimum absolute atomic E-state index is 0.159. The minimum atomic E-state index is -0.159. The molecule has 0 unspecified atom stereocenters. The molecule has 0 aromatic carbocycles. The van der Waals surface area contributed by atoms with Crippen molar-refractivity contribution >= 4 is 11.7 Å². The highest BCUT2D eigenvalue weighted by atomic mass is 16.1. The molecule has 1 rings (SSSR count). The van der Waals surface area contributed by atoms with Crippen LogP contribution in [0.3, 0.4) is 0 Å². The maximum absolute atomic E-state index is 11.7. The summed E-state index contributed by atoms with van der Waals surface area (Å²) in [6, 6.07) is 0. The van der Waals surface area contributed by atoms with E-state index in [1.807, 2.05) is 6.92 Å². The van der Waals surface area contributed by atoms with Crippen molar-refractivity contribution in [2.45, 2.75) is 33.1 Å².